The summed E-state index contributed by atoms with van der Waals surface area (Å²) in [6.45, 7) is -0.140. The molecule has 0 spiro atoms. The van der Waals surface area contributed by atoms with Crippen molar-refractivity contribution in [3.8, 4) is 0 Å². The number of nitro groups is 1. The lowest BCUT2D eigenvalue weighted by atomic mass is 10.3. The largest absolute Gasteiger partial charge is 0.311 e. The molecule has 0 aliphatic heterocycles. The maximum Gasteiger partial charge on any atom is 0.269 e. The summed E-state index contributed by atoms with van der Waals surface area (Å²) in [6.07, 6.45) is 1.25. The molecule has 1 aromatic carbocycles. The van der Waals surface area contributed by atoms with E-state index in [9.17, 15) is 23.3 Å². The molecular weight excluding hydrogens is 372 g/mol. The molecule has 0 aliphatic rings. The number of nitrogens with one attached hydrogen (secondary N) is 2. The molecule has 25 heavy (non-hydrogen) atoms. The zero-order chi connectivity index (χ0) is 18.4. The number of sulfonamides is 1. The molecule has 11 heteroatoms. The number of carbonyl (C=O) groups is 1. The molecule has 132 valence electrons. The topological polar surface area (TPSA) is 131 Å². The third-order valence-corrected chi connectivity index (χ3v) is 4.70. The number of benzene rings is 1. The van der Waals surface area contributed by atoms with Gasteiger partial charge in [-0.1, -0.05) is 11.6 Å². The molecule has 1 heterocycles. The fraction of sp³-hybridized carbons (Fsp3) is 0.143. The molecule has 0 unspecified atom stereocenters. The predicted molar refractivity (Wildman–Crippen MR) is 90.8 cm³/mol. The summed E-state index contributed by atoms with van der Waals surface area (Å²) in [5.41, 5.74) is -0.214. The Morgan fingerprint density at radius 1 is 1.20 bits per heavy atom. The van der Waals surface area contributed by atoms with Gasteiger partial charge in [-0.05, 0) is 24.3 Å². The molecule has 0 saturated heterocycles. The van der Waals surface area contributed by atoms with E-state index in [4.69, 9.17) is 11.6 Å². The first-order chi connectivity index (χ1) is 11.8. The number of non-ortho nitro benzene ring substituents is 1. The van der Waals surface area contributed by atoms with Crippen molar-refractivity contribution < 1.29 is 18.1 Å². The number of nitrogens with zero attached hydrogens (tertiary/aromatic N) is 2. The Kier molecular flexibility index (Phi) is 6.02. The number of hydrogen-bond donors (Lipinski definition) is 2. The van der Waals surface area contributed by atoms with E-state index < -0.39 is 20.9 Å². The minimum Gasteiger partial charge on any atom is -0.311 e. The Hall–Kier alpha value is -2.56. The molecule has 0 fully saturated rings. The zero-order valence-corrected chi connectivity index (χ0v) is 14.2. The number of aromatic nitrogens is 1. The smallest absolute Gasteiger partial charge is 0.269 e. The fourth-order valence-electron chi connectivity index (χ4n) is 1.78. The van der Waals surface area contributed by atoms with Crippen molar-refractivity contribution in [3.05, 3.63) is 57.7 Å². The summed E-state index contributed by atoms with van der Waals surface area (Å²) in [6, 6.07) is 7.50. The van der Waals surface area contributed by atoms with Crippen LogP contribution < -0.4 is 10.0 Å². The number of hydrogen-bond acceptors (Lipinski definition) is 6. The zero-order valence-electron chi connectivity index (χ0n) is 12.7. The highest BCUT2D eigenvalue weighted by Gasteiger charge is 2.16. The molecule has 1 aromatic heterocycles. The molecule has 0 aliphatic carbocycles. The second kappa shape index (κ2) is 8.01. The summed E-state index contributed by atoms with van der Waals surface area (Å²) in [7, 11) is -3.86. The lowest BCUT2D eigenvalue weighted by Gasteiger charge is -2.07. The maximum absolute atomic E-state index is 12.1. The minimum atomic E-state index is -3.86. The van der Waals surface area contributed by atoms with Crippen LogP contribution in [0.4, 0.5) is 11.5 Å². The quantitative estimate of drug-likeness (QED) is 0.554. The number of rotatable bonds is 7. The standard InChI is InChI=1S/C14H13ClN4O5S/c15-10-1-6-13(16-9-10)18-14(20)7-8-17-25(23,24)12-4-2-11(3-5-12)19(21)22/h1-6,9,17H,7-8H2,(H,16,18,20). The second-order valence-electron chi connectivity index (χ2n) is 4.81. The van der Waals surface area contributed by atoms with Crippen molar-refractivity contribution in [1.29, 1.82) is 0 Å². The molecule has 0 bridgehead atoms. The molecule has 2 N–H and O–H groups in total. The first-order valence-corrected chi connectivity index (χ1v) is 8.79. The van der Waals surface area contributed by atoms with Gasteiger partial charge in [0.05, 0.1) is 14.8 Å². The van der Waals surface area contributed by atoms with E-state index in [1.807, 2.05) is 0 Å². The number of anilines is 1. The van der Waals surface area contributed by atoms with Crippen molar-refractivity contribution in [1.82, 2.24) is 9.71 Å². The third kappa shape index (κ3) is 5.48. The molecule has 1 amide bonds. The summed E-state index contributed by atoms with van der Waals surface area (Å²) in [5, 5.41) is 13.5. The first-order valence-electron chi connectivity index (χ1n) is 6.93. The van der Waals surface area contributed by atoms with E-state index >= 15 is 0 Å². The molecule has 0 radical (unpaired) electrons. The number of amides is 1. The number of pyridine rings is 1. The summed E-state index contributed by atoms with van der Waals surface area (Å²) < 4.78 is 26.4. The molecular formula is C14H13ClN4O5S. The van der Waals surface area contributed by atoms with Gasteiger partial charge in [0, 0.05) is 31.3 Å². The highest BCUT2D eigenvalue weighted by atomic mass is 35.5. The monoisotopic (exact) mass is 384 g/mol. The van der Waals surface area contributed by atoms with E-state index in [0.717, 1.165) is 24.3 Å². The van der Waals surface area contributed by atoms with E-state index in [0.29, 0.717) is 10.8 Å². The second-order valence-corrected chi connectivity index (χ2v) is 7.01. The average Bonchev–Trinajstić information content (AvgIpc) is 2.57. The van der Waals surface area contributed by atoms with Crippen LogP contribution >= 0.6 is 11.6 Å². The van der Waals surface area contributed by atoms with Gasteiger partial charge in [-0.2, -0.15) is 0 Å². The van der Waals surface area contributed by atoms with Crippen molar-refractivity contribution >= 4 is 39.0 Å². The van der Waals surface area contributed by atoms with Gasteiger partial charge in [0.25, 0.3) is 5.69 Å². The maximum atomic E-state index is 12.1. The molecule has 9 nitrogen and oxygen atoms in total. The van der Waals surface area contributed by atoms with E-state index in [2.05, 4.69) is 15.0 Å². The highest BCUT2D eigenvalue weighted by Crippen LogP contribution is 2.15. The van der Waals surface area contributed by atoms with Crippen molar-refractivity contribution in [3.63, 3.8) is 0 Å². The number of halogens is 1. The van der Waals surface area contributed by atoms with E-state index in [1.165, 1.54) is 12.3 Å². The lowest BCUT2D eigenvalue weighted by Crippen LogP contribution is -2.28. The van der Waals surface area contributed by atoms with Crippen LogP contribution in [0, 0.1) is 10.1 Å². The predicted octanol–water partition coefficient (Wildman–Crippen LogP) is 1.95. The van der Waals surface area contributed by atoms with Crippen molar-refractivity contribution in [2.24, 2.45) is 0 Å². The van der Waals surface area contributed by atoms with Gasteiger partial charge in [-0.15, -0.1) is 0 Å². The Labute approximate surface area is 148 Å². The summed E-state index contributed by atoms with van der Waals surface area (Å²) in [5.74, 6) is -0.131. The Bertz CT molecular complexity index is 869. The van der Waals surface area contributed by atoms with Crippen molar-refractivity contribution in [2.75, 3.05) is 11.9 Å². The van der Waals surface area contributed by atoms with Gasteiger partial charge in [0.15, 0.2) is 0 Å². The van der Waals surface area contributed by atoms with Crippen LogP contribution in [-0.2, 0) is 14.8 Å². The van der Waals surface area contributed by atoms with E-state index in [1.54, 1.807) is 6.07 Å². The fourth-order valence-corrected chi connectivity index (χ4v) is 2.93. The third-order valence-electron chi connectivity index (χ3n) is 3.00. The van der Waals surface area contributed by atoms with Gasteiger partial charge in [0.2, 0.25) is 15.9 Å². The van der Waals surface area contributed by atoms with Gasteiger partial charge < -0.3 is 5.32 Å². The molecule has 2 rings (SSSR count). The van der Waals surface area contributed by atoms with Crippen molar-refractivity contribution in [2.45, 2.75) is 11.3 Å². The molecule has 0 saturated carbocycles. The van der Waals surface area contributed by atoms with Crippen LogP contribution in [0.25, 0.3) is 0 Å². The SMILES string of the molecule is O=C(CCNS(=O)(=O)c1ccc([N+](=O)[O-])cc1)Nc1ccc(Cl)cn1. The number of carbonyl (C=O) groups excluding carboxylic acids is 1. The summed E-state index contributed by atoms with van der Waals surface area (Å²) >= 11 is 5.68. The van der Waals surface area contributed by atoms with Gasteiger partial charge in [0.1, 0.15) is 5.82 Å². The van der Waals surface area contributed by atoms with Gasteiger partial charge >= 0.3 is 0 Å². The first kappa shape index (κ1) is 18.8. The minimum absolute atomic E-state index is 0.115. The Balaban J connectivity index is 1.88. The molecule has 2 aromatic rings. The lowest BCUT2D eigenvalue weighted by molar-refractivity contribution is -0.384. The van der Waals surface area contributed by atoms with E-state index in [-0.39, 0.29) is 23.5 Å². The normalized spacial score (nSPS) is 11.1. The van der Waals surface area contributed by atoms with Crippen LogP contribution in [0.1, 0.15) is 6.42 Å². The van der Waals surface area contributed by atoms with Gasteiger partial charge in [-0.3, -0.25) is 14.9 Å². The van der Waals surface area contributed by atoms with Crippen LogP contribution in [0.2, 0.25) is 5.02 Å². The van der Waals surface area contributed by atoms with Gasteiger partial charge in [-0.25, -0.2) is 18.1 Å². The summed E-state index contributed by atoms with van der Waals surface area (Å²) in [4.78, 5) is 25.4. The Morgan fingerprint density at radius 2 is 1.88 bits per heavy atom. The molecule has 0 atom stereocenters. The Morgan fingerprint density at radius 3 is 2.44 bits per heavy atom. The van der Waals surface area contributed by atoms with Crippen LogP contribution in [0.3, 0.4) is 0 Å². The van der Waals surface area contributed by atoms with Crippen LogP contribution in [0.15, 0.2) is 47.5 Å². The number of nitro benzene ring substituents is 1. The van der Waals surface area contributed by atoms with Crippen LogP contribution in [0.5, 0.6) is 0 Å². The average molecular weight is 385 g/mol. The highest BCUT2D eigenvalue weighted by molar-refractivity contribution is 7.89. The van der Waals surface area contributed by atoms with Crippen LogP contribution in [-0.4, -0.2) is 30.8 Å².